The van der Waals surface area contributed by atoms with Crippen LogP contribution in [0.5, 0.6) is 0 Å². The second-order valence-electron chi connectivity index (χ2n) is 1.77. The lowest BCUT2D eigenvalue weighted by molar-refractivity contribution is 1.76. The third kappa shape index (κ3) is 3.96. The van der Waals surface area contributed by atoms with E-state index >= 15 is 0 Å². The van der Waals surface area contributed by atoms with E-state index in [0.29, 0.717) is 0 Å². The molecule has 0 aliphatic carbocycles. The summed E-state index contributed by atoms with van der Waals surface area (Å²) in [7, 11) is -0.351. The minimum absolute atomic E-state index is 0.351. The Morgan fingerprint density at radius 1 is 1.33 bits per heavy atom. The van der Waals surface area contributed by atoms with E-state index in [1.807, 2.05) is 0 Å². The van der Waals surface area contributed by atoms with Gasteiger partial charge in [0.15, 0.2) is 0 Å². The van der Waals surface area contributed by atoms with Crippen LogP contribution in [0.1, 0.15) is 6.92 Å². The van der Waals surface area contributed by atoms with E-state index in [1.54, 1.807) is 0 Å². The lowest BCUT2D eigenvalue weighted by Gasteiger charge is -1.84. The largest absolute Gasteiger partial charge is 0.102 e. The second-order valence-corrected chi connectivity index (χ2v) is 4.64. The molecule has 0 aromatic carbocycles. The van der Waals surface area contributed by atoms with Crippen LogP contribution in [0.3, 0.4) is 0 Å². The smallest absolute Gasteiger partial charge is 0.0549 e. The molecule has 0 spiro atoms. The summed E-state index contributed by atoms with van der Waals surface area (Å²) in [5.41, 5.74) is 2.31. The minimum atomic E-state index is -0.351. The quantitative estimate of drug-likeness (QED) is 0.439. The standard InChI is InChI=1S/C5H12Si/c1-4-5-6(2)3/h4-6H,1-3H3. The average Bonchev–Trinajstić information content (AvgIpc) is 1.35. The molecule has 0 bridgehead atoms. The molecule has 0 rings (SSSR count). The molecule has 0 atom stereocenters. The van der Waals surface area contributed by atoms with Crippen LogP contribution in [0.4, 0.5) is 0 Å². The first-order valence-electron chi connectivity index (χ1n) is 2.40. The zero-order chi connectivity index (χ0) is 4.99. The van der Waals surface area contributed by atoms with Crippen molar-refractivity contribution in [2.45, 2.75) is 20.0 Å². The lowest BCUT2D eigenvalue weighted by Crippen LogP contribution is -1.90. The third-order valence-electron chi connectivity index (χ3n) is 0.577. The van der Waals surface area contributed by atoms with Crippen LogP contribution >= 0.6 is 0 Å². The lowest BCUT2D eigenvalue weighted by atomic mass is 10.8. The first-order valence-corrected chi connectivity index (χ1v) is 5.37. The normalized spacial score (nSPS) is 11.3. The summed E-state index contributed by atoms with van der Waals surface area (Å²) in [5, 5.41) is 0. The molecular formula is C5H12Si. The van der Waals surface area contributed by atoms with Crippen LogP contribution < -0.4 is 0 Å². The fourth-order valence-corrected chi connectivity index (χ4v) is 1.15. The molecule has 0 fully saturated rings. The molecule has 0 radical (unpaired) electrons. The second kappa shape index (κ2) is 3.16. The molecule has 0 unspecified atom stereocenters. The van der Waals surface area contributed by atoms with Crippen LogP contribution in [-0.2, 0) is 0 Å². The van der Waals surface area contributed by atoms with Gasteiger partial charge in [-0.2, -0.15) is 0 Å². The molecule has 0 aromatic heterocycles. The summed E-state index contributed by atoms with van der Waals surface area (Å²) in [6.07, 6.45) is 2.14. The molecule has 0 N–H and O–H groups in total. The summed E-state index contributed by atoms with van der Waals surface area (Å²) >= 11 is 0. The van der Waals surface area contributed by atoms with Gasteiger partial charge in [0.05, 0.1) is 8.80 Å². The first-order chi connectivity index (χ1) is 2.77. The summed E-state index contributed by atoms with van der Waals surface area (Å²) in [6.45, 7) is 6.69. The van der Waals surface area contributed by atoms with Gasteiger partial charge in [-0.1, -0.05) is 19.2 Å². The van der Waals surface area contributed by atoms with Gasteiger partial charge >= 0.3 is 0 Å². The Labute approximate surface area is 41.5 Å². The Kier molecular flexibility index (Phi) is 3.14. The Morgan fingerprint density at radius 3 is 1.83 bits per heavy atom. The van der Waals surface area contributed by atoms with Gasteiger partial charge in [0.1, 0.15) is 0 Å². The number of rotatable bonds is 1. The fraction of sp³-hybridized carbons (Fsp3) is 0.600. The average molecular weight is 100 g/mol. The van der Waals surface area contributed by atoms with Crippen LogP contribution in [-0.4, -0.2) is 8.80 Å². The summed E-state index contributed by atoms with van der Waals surface area (Å²) < 4.78 is 0. The third-order valence-corrected chi connectivity index (χ3v) is 1.73. The Morgan fingerprint density at radius 2 is 1.83 bits per heavy atom. The van der Waals surface area contributed by atoms with E-state index in [-0.39, 0.29) is 8.80 Å². The Bertz CT molecular complexity index is 45.9. The monoisotopic (exact) mass is 100 g/mol. The van der Waals surface area contributed by atoms with Crippen molar-refractivity contribution in [3.05, 3.63) is 11.8 Å². The molecule has 1 heteroatoms. The fourth-order valence-electron chi connectivity index (χ4n) is 0.385. The van der Waals surface area contributed by atoms with Gasteiger partial charge < -0.3 is 0 Å². The molecule has 0 aliphatic heterocycles. The van der Waals surface area contributed by atoms with Gasteiger partial charge in [-0.05, 0) is 6.92 Å². The van der Waals surface area contributed by atoms with E-state index in [1.165, 1.54) is 0 Å². The highest BCUT2D eigenvalue weighted by atomic mass is 28.3. The number of hydrogen-bond donors (Lipinski definition) is 0. The van der Waals surface area contributed by atoms with Crippen LogP contribution in [0.2, 0.25) is 13.1 Å². The van der Waals surface area contributed by atoms with Crippen LogP contribution in [0.15, 0.2) is 11.8 Å². The molecular weight excluding hydrogens is 88.1 g/mol. The molecule has 0 saturated carbocycles. The summed E-state index contributed by atoms with van der Waals surface area (Å²) in [6, 6.07) is 0. The van der Waals surface area contributed by atoms with Crippen molar-refractivity contribution in [1.82, 2.24) is 0 Å². The molecule has 0 amide bonds. The topological polar surface area (TPSA) is 0 Å². The molecule has 0 aliphatic rings. The zero-order valence-corrected chi connectivity index (χ0v) is 5.89. The molecule has 0 aromatic rings. The minimum Gasteiger partial charge on any atom is -0.102 e. The highest BCUT2D eigenvalue weighted by molar-refractivity contribution is 6.61. The maximum absolute atomic E-state index is 2.31. The van der Waals surface area contributed by atoms with Crippen molar-refractivity contribution in [1.29, 1.82) is 0 Å². The van der Waals surface area contributed by atoms with Crippen LogP contribution in [0.25, 0.3) is 0 Å². The molecule has 0 heterocycles. The van der Waals surface area contributed by atoms with Crippen molar-refractivity contribution in [3.63, 3.8) is 0 Å². The van der Waals surface area contributed by atoms with Gasteiger partial charge in [-0.3, -0.25) is 0 Å². The van der Waals surface area contributed by atoms with Crippen molar-refractivity contribution in [2.24, 2.45) is 0 Å². The maximum Gasteiger partial charge on any atom is 0.0549 e. The maximum atomic E-state index is 2.31. The predicted octanol–water partition coefficient (Wildman–Crippen LogP) is 1.59. The highest BCUT2D eigenvalue weighted by Gasteiger charge is 1.79. The van der Waals surface area contributed by atoms with E-state index in [9.17, 15) is 0 Å². The highest BCUT2D eigenvalue weighted by Crippen LogP contribution is 1.78. The van der Waals surface area contributed by atoms with Crippen molar-refractivity contribution < 1.29 is 0 Å². The van der Waals surface area contributed by atoms with E-state index < -0.39 is 0 Å². The van der Waals surface area contributed by atoms with Crippen molar-refractivity contribution in [3.8, 4) is 0 Å². The van der Waals surface area contributed by atoms with Crippen LogP contribution in [0, 0.1) is 0 Å². The Hall–Kier alpha value is -0.0431. The van der Waals surface area contributed by atoms with Gasteiger partial charge in [0.2, 0.25) is 0 Å². The summed E-state index contributed by atoms with van der Waals surface area (Å²) in [5.74, 6) is 0. The molecule has 0 saturated heterocycles. The zero-order valence-electron chi connectivity index (χ0n) is 4.73. The molecule has 0 nitrogen and oxygen atoms in total. The molecule has 36 valence electrons. The summed E-state index contributed by atoms with van der Waals surface area (Å²) in [4.78, 5) is 0. The van der Waals surface area contributed by atoms with Gasteiger partial charge in [0.25, 0.3) is 0 Å². The number of hydrogen-bond acceptors (Lipinski definition) is 0. The van der Waals surface area contributed by atoms with E-state index in [0.717, 1.165) is 0 Å². The van der Waals surface area contributed by atoms with Gasteiger partial charge in [0, 0.05) is 0 Å². The van der Waals surface area contributed by atoms with Crippen molar-refractivity contribution >= 4 is 8.80 Å². The predicted molar refractivity (Wildman–Crippen MR) is 33.7 cm³/mol. The SMILES string of the molecule is CC=C[SiH](C)C. The molecule has 6 heavy (non-hydrogen) atoms. The van der Waals surface area contributed by atoms with E-state index in [2.05, 4.69) is 31.8 Å². The Balaban J connectivity index is 3.03. The van der Waals surface area contributed by atoms with Gasteiger partial charge in [-0.25, -0.2) is 0 Å². The first kappa shape index (κ1) is 5.96. The van der Waals surface area contributed by atoms with Gasteiger partial charge in [-0.15, -0.1) is 5.70 Å². The number of allylic oxidation sites excluding steroid dienone is 1. The van der Waals surface area contributed by atoms with Crippen molar-refractivity contribution in [2.75, 3.05) is 0 Å². The van der Waals surface area contributed by atoms with E-state index in [4.69, 9.17) is 0 Å².